The fourth-order valence-electron chi connectivity index (χ4n) is 1.45. The number of hydrogen-bond donors (Lipinski definition) is 1. The van der Waals surface area contributed by atoms with Crippen LogP contribution in [0.1, 0.15) is 0 Å². The second-order valence-electron chi connectivity index (χ2n) is 3.83. The van der Waals surface area contributed by atoms with E-state index in [1.807, 2.05) is 0 Å². The third-order valence-corrected chi connectivity index (χ3v) is 2.29. The van der Waals surface area contributed by atoms with Gasteiger partial charge in [-0.25, -0.2) is 4.79 Å². The zero-order chi connectivity index (χ0) is 14.1. The fraction of sp³-hybridized carbons (Fsp3) is 0.385. The van der Waals surface area contributed by atoms with Crippen LogP contribution in [0.5, 0.6) is 0 Å². The summed E-state index contributed by atoms with van der Waals surface area (Å²) in [5, 5.41) is 0. The van der Waals surface area contributed by atoms with Gasteiger partial charge in [0.2, 0.25) is 0 Å². The van der Waals surface area contributed by atoms with Gasteiger partial charge in [-0.3, -0.25) is 14.3 Å². The number of rotatable bonds is 9. The molecule has 0 aliphatic carbocycles. The summed E-state index contributed by atoms with van der Waals surface area (Å²) < 4.78 is 12.2. The van der Waals surface area contributed by atoms with E-state index in [0.717, 1.165) is 0 Å². The van der Waals surface area contributed by atoms with Crippen LogP contribution in [-0.2, 0) is 16.0 Å². The second-order valence-corrected chi connectivity index (χ2v) is 3.83. The summed E-state index contributed by atoms with van der Waals surface area (Å²) in [6.07, 6.45) is 4.38. The van der Waals surface area contributed by atoms with E-state index >= 15 is 0 Å². The van der Waals surface area contributed by atoms with E-state index in [1.54, 1.807) is 12.2 Å². The van der Waals surface area contributed by atoms with Crippen molar-refractivity contribution in [2.24, 2.45) is 0 Å². The van der Waals surface area contributed by atoms with Gasteiger partial charge in [0.05, 0.1) is 32.5 Å². The number of aromatic nitrogens is 2. The average Bonchev–Trinajstić information content (AvgIpc) is 2.39. The third kappa shape index (κ3) is 5.50. The van der Waals surface area contributed by atoms with Crippen LogP contribution in [-0.4, -0.2) is 35.5 Å². The summed E-state index contributed by atoms with van der Waals surface area (Å²) in [5.74, 6) is 0. The largest absolute Gasteiger partial charge is 0.375 e. The van der Waals surface area contributed by atoms with Crippen molar-refractivity contribution in [2.45, 2.75) is 12.6 Å². The molecule has 0 saturated carbocycles. The highest BCUT2D eigenvalue weighted by atomic mass is 16.5. The normalized spacial score (nSPS) is 12.0. The maximum Gasteiger partial charge on any atom is 0.328 e. The Kier molecular flexibility index (Phi) is 6.56. The Balaban J connectivity index is 2.68. The number of nitrogens with one attached hydrogen (secondary N) is 1. The van der Waals surface area contributed by atoms with Gasteiger partial charge in [-0.05, 0) is 0 Å². The molecule has 0 aliphatic rings. The predicted molar refractivity (Wildman–Crippen MR) is 72.3 cm³/mol. The van der Waals surface area contributed by atoms with Crippen molar-refractivity contribution < 1.29 is 9.47 Å². The first-order chi connectivity index (χ1) is 9.17. The van der Waals surface area contributed by atoms with Gasteiger partial charge in [-0.2, -0.15) is 0 Å². The molecule has 6 nitrogen and oxygen atoms in total. The molecule has 0 saturated heterocycles. The minimum absolute atomic E-state index is 0.292. The van der Waals surface area contributed by atoms with Gasteiger partial charge in [0.1, 0.15) is 0 Å². The first-order valence-corrected chi connectivity index (χ1v) is 5.88. The Morgan fingerprint density at radius 2 is 2.05 bits per heavy atom. The van der Waals surface area contributed by atoms with Crippen LogP contribution in [0, 0.1) is 0 Å². The molecule has 0 fully saturated rings. The lowest BCUT2D eigenvalue weighted by Gasteiger charge is -2.17. The molecule has 19 heavy (non-hydrogen) atoms. The van der Waals surface area contributed by atoms with E-state index in [4.69, 9.17) is 9.47 Å². The van der Waals surface area contributed by atoms with Gasteiger partial charge in [-0.15, -0.1) is 13.2 Å². The first kappa shape index (κ1) is 15.1. The molecule has 0 bridgehead atoms. The lowest BCUT2D eigenvalue weighted by molar-refractivity contribution is -0.00749. The Hall–Kier alpha value is -1.92. The predicted octanol–water partition coefficient (Wildman–Crippen LogP) is 0.310. The van der Waals surface area contributed by atoms with E-state index in [2.05, 4.69) is 18.1 Å². The van der Waals surface area contributed by atoms with Crippen LogP contribution in [0.15, 0.2) is 47.2 Å². The Labute approximate surface area is 111 Å². The van der Waals surface area contributed by atoms with E-state index in [-0.39, 0.29) is 6.10 Å². The van der Waals surface area contributed by atoms with Crippen molar-refractivity contribution in [2.75, 3.05) is 19.8 Å². The summed E-state index contributed by atoms with van der Waals surface area (Å²) in [6.45, 7) is 8.51. The van der Waals surface area contributed by atoms with Crippen LogP contribution in [0.4, 0.5) is 0 Å². The molecule has 6 heteroatoms. The quantitative estimate of drug-likeness (QED) is 0.516. The number of nitrogens with zero attached hydrogens (tertiary/aromatic N) is 1. The Morgan fingerprint density at radius 3 is 2.68 bits per heavy atom. The smallest absolute Gasteiger partial charge is 0.328 e. The van der Waals surface area contributed by atoms with Gasteiger partial charge < -0.3 is 9.47 Å². The minimum Gasteiger partial charge on any atom is -0.375 e. The summed E-state index contributed by atoms with van der Waals surface area (Å²) in [5.41, 5.74) is -0.892. The highest BCUT2D eigenvalue weighted by molar-refractivity contribution is 4.83. The van der Waals surface area contributed by atoms with Crippen molar-refractivity contribution in [3.63, 3.8) is 0 Å². The molecule has 1 atom stereocenters. The molecule has 0 spiro atoms. The van der Waals surface area contributed by atoms with E-state index < -0.39 is 11.2 Å². The number of aromatic amines is 1. The van der Waals surface area contributed by atoms with Crippen molar-refractivity contribution in [1.29, 1.82) is 0 Å². The number of ether oxygens (including phenoxy) is 2. The van der Waals surface area contributed by atoms with Gasteiger partial charge in [0, 0.05) is 12.3 Å². The van der Waals surface area contributed by atoms with Crippen molar-refractivity contribution in [1.82, 2.24) is 9.55 Å². The van der Waals surface area contributed by atoms with Crippen LogP contribution < -0.4 is 11.2 Å². The van der Waals surface area contributed by atoms with Crippen molar-refractivity contribution in [3.8, 4) is 0 Å². The molecule has 1 aromatic rings. The summed E-state index contributed by atoms with van der Waals surface area (Å²) in [6, 6.07) is 1.29. The SMILES string of the molecule is C=CCOCC(Cn1ccc(=O)[nH]c1=O)OCC=C. The van der Waals surface area contributed by atoms with Crippen molar-refractivity contribution in [3.05, 3.63) is 58.4 Å². The average molecular weight is 266 g/mol. The van der Waals surface area contributed by atoms with Crippen LogP contribution in [0.25, 0.3) is 0 Å². The Bertz CT molecular complexity index is 518. The Morgan fingerprint density at radius 1 is 1.32 bits per heavy atom. The topological polar surface area (TPSA) is 73.3 Å². The molecule has 0 aromatic carbocycles. The van der Waals surface area contributed by atoms with Crippen molar-refractivity contribution >= 4 is 0 Å². The van der Waals surface area contributed by atoms with Gasteiger partial charge in [0.25, 0.3) is 5.56 Å². The number of H-pyrrole nitrogens is 1. The van der Waals surface area contributed by atoms with Gasteiger partial charge >= 0.3 is 5.69 Å². The zero-order valence-electron chi connectivity index (χ0n) is 10.7. The van der Waals surface area contributed by atoms with Crippen LogP contribution in [0.3, 0.4) is 0 Å². The third-order valence-electron chi connectivity index (χ3n) is 2.29. The molecule has 1 aromatic heterocycles. The highest BCUT2D eigenvalue weighted by Crippen LogP contribution is 1.97. The molecule has 104 valence electrons. The van der Waals surface area contributed by atoms with E-state index in [1.165, 1.54) is 16.8 Å². The minimum atomic E-state index is -0.469. The fourth-order valence-corrected chi connectivity index (χ4v) is 1.45. The second kappa shape index (κ2) is 8.23. The highest BCUT2D eigenvalue weighted by Gasteiger charge is 2.11. The molecular formula is C13H18N2O4. The lowest BCUT2D eigenvalue weighted by atomic mass is 10.3. The van der Waals surface area contributed by atoms with Crippen LogP contribution in [0.2, 0.25) is 0 Å². The molecule has 1 heterocycles. The first-order valence-electron chi connectivity index (χ1n) is 5.88. The lowest BCUT2D eigenvalue weighted by Crippen LogP contribution is -2.35. The summed E-state index contributed by atoms with van der Waals surface area (Å²) >= 11 is 0. The molecule has 0 amide bonds. The number of hydrogen-bond acceptors (Lipinski definition) is 4. The molecule has 0 aliphatic heterocycles. The van der Waals surface area contributed by atoms with E-state index in [9.17, 15) is 9.59 Å². The maximum absolute atomic E-state index is 11.6. The van der Waals surface area contributed by atoms with Gasteiger partial charge in [0.15, 0.2) is 0 Å². The zero-order valence-corrected chi connectivity index (χ0v) is 10.7. The van der Waals surface area contributed by atoms with E-state index in [0.29, 0.717) is 26.4 Å². The summed E-state index contributed by atoms with van der Waals surface area (Å²) in [4.78, 5) is 24.7. The van der Waals surface area contributed by atoms with Gasteiger partial charge in [-0.1, -0.05) is 12.2 Å². The van der Waals surface area contributed by atoms with Crippen LogP contribution >= 0.6 is 0 Å². The molecule has 1 unspecified atom stereocenters. The molecule has 0 radical (unpaired) electrons. The molecule has 1 N–H and O–H groups in total. The summed E-state index contributed by atoms with van der Waals surface area (Å²) in [7, 11) is 0. The standard InChI is InChI=1S/C13H18N2O4/c1-3-7-18-10-11(19-8-4-2)9-15-6-5-12(16)14-13(15)17/h3-6,11H,1-2,7-10H2,(H,14,16,17). The molecular weight excluding hydrogens is 248 g/mol. The molecule has 1 rings (SSSR count). The monoisotopic (exact) mass is 266 g/mol. The maximum atomic E-state index is 11.6.